The Kier molecular flexibility index (Phi) is 29.7. The molecule has 2 N–H and O–H groups in total. The zero-order valence-electron chi connectivity index (χ0n) is 26.5. The molecule has 0 bridgehead atoms. The van der Waals surface area contributed by atoms with Crippen LogP contribution in [0.4, 0.5) is 0 Å². The number of aldehydes is 1. The van der Waals surface area contributed by atoms with Crippen LogP contribution in [0.1, 0.15) is 174 Å². The summed E-state index contributed by atoms with van der Waals surface area (Å²) in [6.07, 6.45) is 35.2. The van der Waals surface area contributed by atoms with Crippen LogP contribution >= 0.6 is 0 Å². The van der Waals surface area contributed by atoms with Gasteiger partial charge >= 0.3 is 0 Å². The van der Waals surface area contributed by atoms with Gasteiger partial charge in [0.2, 0.25) is 0 Å². The maximum atomic E-state index is 12.4. The van der Waals surface area contributed by atoms with Crippen molar-refractivity contribution in [2.24, 2.45) is 5.92 Å². The molecule has 0 amide bonds. The Hall–Kier alpha value is -1.26. The molecule has 0 rings (SSSR count). The van der Waals surface area contributed by atoms with Gasteiger partial charge in [0, 0.05) is 6.42 Å². The number of carbonyl (C=O) groups is 2. The second-order valence-corrected chi connectivity index (χ2v) is 11.9. The van der Waals surface area contributed by atoms with Crippen LogP contribution < -0.4 is 0 Å². The molecule has 4 heteroatoms. The summed E-state index contributed by atoms with van der Waals surface area (Å²) < 4.78 is 0. The Morgan fingerprint density at radius 2 is 0.975 bits per heavy atom. The van der Waals surface area contributed by atoms with Gasteiger partial charge in [-0.05, 0) is 64.2 Å². The topological polar surface area (TPSA) is 74.6 Å². The van der Waals surface area contributed by atoms with Crippen molar-refractivity contribution in [3.8, 4) is 0 Å². The zero-order chi connectivity index (χ0) is 29.5. The molecule has 0 heterocycles. The smallest absolute Gasteiger partial charge is 0.143 e. The van der Waals surface area contributed by atoms with Crippen LogP contribution in [0.15, 0.2) is 24.3 Å². The Morgan fingerprint density at radius 3 is 1.48 bits per heavy atom. The van der Waals surface area contributed by atoms with E-state index in [9.17, 15) is 19.8 Å². The molecule has 0 saturated carbocycles. The van der Waals surface area contributed by atoms with Crippen molar-refractivity contribution in [3.63, 3.8) is 0 Å². The average Bonchev–Trinajstić information content (AvgIpc) is 2.95. The van der Waals surface area contributed by atoms with Crippen LogP contribution in [0.2, 0.25) is 0 Å². The van der Waals surface area contributed by atoms with E-state index < -0.39 is 5.92 Å². The molecule has 0 spiro atoms. The lowest BCUT2D eigenvalue weighted by atomic mass is 9.94. The molecule has 0 fully saturated rings. The molecule has 40 heavy (non-hydrogen) atoms. The zero-order valence-corrected chi connectivity index (χ0v) is 26.5. The summed E-state index contributed by atoms with van der Waals surface area (Å²) in [5.41, 5.74) is 0. The van der Waals surface area contributed by atoms with E-state index in [0.29, 0.717) is 12.8 Å². The van der Waals surface area contributed by atoms with E-state index in [2.05, 4.69) is 38.2 Å². The van der Waals surface area contributed by atoms with Gasteiger partial charge in [0.25, 0.3) is 0 Å². The molecular formula is C36H66O4. The van der Waals surface area contributed by atoms with Crippen LogP contribution in [-0.2, 0) is 9.59 Å². The van der Waals surface area contributed by atoms with Gasteiger partial charge < -0.3 is 15.0 Å². The third-order valence-electron chi connectivity index (χ3n) is 7.94. The summed E-state index contributed by atoms with van der Waals surface area (Å²) in [4.78, 5) is 23.9. The number of hydrogen-bond acceptors (Lipinski definition) is 4. The van der Waals surface area contributed by atoms with Gasteiger partial charge in [-0.1, -0.05) is 128 Å². The van der Waals surface area contributed by atoms with Crippen LogP contribution in [0.5, 0.6) is 0 Å². The molecule has 0 aromatic heterocycles. The van der Waals surface area contributed by atoms with Crippen LogP contribution in [0, 0.1) is 5.92 Å². The summed E-state index contributed by atoms with van der Waals surface area (Å²) in [6, 6.07) is 0. The van der Waals surface area contributed by atoms with Crippen molar-refractivity contribution in [2.75, 3.05) is 0 Å². The van der Waals surface area contributed by atoms with Gasteiger partial charge in [-0.3, -0.25) is 4.79 Å². The van der Waals surface area contributed by atoms with Crippen molar-refractivity contribution in [2.45, 2.75) is 187 Å². The lowest BCUT2D eigenvalue weighted by Crippen LogP contribution is -2.15. The highest BCUT2D eigenvalue weighted by molar-refractivity contribution is 5.93. The van der Waals surface area contributed by atoms with E-state index in [-0.39, 0.29) is 18.0 Å². The van der Waals surface area contributed by atoms with E-state index in [1.54, 1.807) is 0 Å². The van der Waals surface area contributed by atoms with Crippen molar-refractivity contribution in [1.82, 2.24) is 0 Å². The standard InChI is InChI=1S/C36H66O4/c1-3-5-7-21-27-34(38)29-23-17-13-9-10-15-19-25-31-36(40)33(32-37)26-20-16-12-11-14-18-24-30-35(39)28-22-8-6-4-2/h17-18,23-24,32-35,38-39H,3-16,19-22,25-31H2,1-2H3/t33?,34-,35?/m1/s1. The van der Waals surface area contributed by atoms with Crippen LogP contribution in [0.25, 0.3) is 0 Å². The molecule has 0 aliphatic heterocycles. The molecule has 0 saturated heterocycles. The summed E-state index contributed by atoms with van der Waals surface area (Å²) in [7, 11) is 0. The maximum Gasteiger partial charge on any atom is 0.143 e. The third kappa shape index (κ3) is 26.9. The second kappa shape index (κ2) is 30.7. The maximum absolute atomic E-state index is 12.4. The summed E-state index contributed by atoms with van der Waals surface area (Å²) in [5, 5.41) is 20.0. The lowest BCUT2D eigenvalue weighted by Gasteiger charge is -2.09. The highest BCUT2D eigenvalue weighted by Gasteiger charge is 2.16. The number of aliphatic hydroxyl groups excluding tert-OH is 2. The largest absolute Gasteiger partial charge is 0.393 e. The fraction of sp³-hybridized carbons (Fsp3) is 0.833. The van der Waals surface area contributed by atoms with Gasteiger partial charge in [0.05, 0.1) is 18.1 Å². The molecule has 0 radical (unpaired) electrons. The third-order valence-corrected chi connectivity index (χ3v) is 7.94. The molecule has 4 nitrogen and oxygen atoms in total. The molecular weight excluding hydrogens is 496 g/mol. The minimum Gasteiger partial charge on any atom is -0.393 e. The van der Waals surface area contributed by atoms with Gasteiger partial charge in [-0.15, -0.1) is 0 Å². The van der Waals surface area contributed by atoms with E-state index in [1.165, 1.54) is 44.9 Å². The monoisotopic (exact) mass is 562 g/mol. The Balaban J connectivity index is 3.64. The number of ketones is 1. The van der Waals surface area contributed by atoms with Gasteiger partial charge in [0.1, 0.15) is 12.1 Å². The highest BCUT2D eigenvalue weighted by atomic mass is 16.3. The number of allylic oxidation sites excluding steroid dienone is 2. The van der Waals surface area contributed by atoms with Crippen LogP contribution in [0.3, 0.4) is 0 Å². The molecule has 0 aliphatic rings. The SMILES string of the molecule is CCCCCCC(O)CC=CCCCCCCC(C=O)C(=O)CCCCCCCC=CC[C@H](O)CCCCCC. The molecule has 234 valence electrons. The van der Waals surface area contributed by atoms with E-state index in [4.69, 9.17) is 0 Å². The van der Waals surface area contributed by atoms with Crippen molar-refractivity contribution < 1.29 is 19.8 Å². The van der Waals surface area contributed by atoms with Crippen molar-refractivity contribution in [1.29, 1.82) is 0 Å². The first-order chi connectivity index (χ1) is 19.5. The van der Waals surface area contributed by atoms with E-state index >= 15 is 0 Å². The first-order valence-corrected chi connectivity index (χ1v) is 17.2. The number of aliphatic hydroxyl groups is 2. The number of carbonyl (C=O) groups excluding carboxylic acids is 2. The van der Waals surface area contributed by atoms with E-state index in [1.807, 2.05) is 0 Å². The molecule has 0 aliphatic carbocycles. The number of Topliss-reactive ketones (excluding diaryl/α,β-unsaturated/α-hetero) is 1. The van der Waals surface area contributed by atoms with Crippen LogP contribution in [-0.4, -0.2) is 34.5 Å². The number of rotatable bonds is 31. The van der Waals surface area contributed by atoms with Gasteiger partial charge in [-0.25, -0.2) is 0 Å². The minimum atomic E-state index is -0.411. The predicted octanol–water partition coefficient (Wildman–Crippen LogP) is 10.00. The first kappa shape index (κ1) is 38.7. The fourth-order valence-electron chi connectivity index (χ4n) is 5.15. The number of unbranched alkanes of at least 4 members (excludes halogenated alkanes) is 15. The average molecular weight is 563 g/mol. The van der Waals surface area contributed by atoms with Crippen molar-refractivity contribution >= 4 is 12.1 Å². The molecule has 2 unspecified atom stereocenters. The Bertz CT molecular complexity index is 612. The van der Waals surface area contributed by atoms with E-state index in [0.717, 1.165) is 109 Å². The highest BCUT2D eigenvalue weighted by Crippen LogP contribution is 2.16. The lowest BCUT2D eigenvalue weighted by molar-refractivity contribution is -0.127. The predicted molar refractivity (Wildman–Crippen MR) is 172 cm³/mol. The Morgan fingerprint density at radius 1 is 0.550 bits per heavy atom. The van der Waals surface area contributed by atoms with Gasteiger partial charge in [-0.2, -0.15) is 0 Å². The summed E-state index contributed by atoms with van der Waals surface area (Å²) in [6.45, 7) is 4.41. The van der Waals surface area contributed by atoms with Gasteiger partial charge in [0.15, 0.2) is 0 Å². The quantitative estimate of drug-likeness (QED) is 0.0381. The molecule has 3 atom stereocenters. The second-order valence-electron chi connectivity index (χ2n) is 11.9. The number of hydrogen-bond donors (Lipinski definition) is 2. The Labute approximate surface area is 248 Å². The summed E-state index contributed by atoms with van der Waals surface area (Å²) in [5.74, 6) is -0.284. The first-order valence-electron chi connectivity index (χ1n) is 17.2. The molecule has 0 aromatic carbocycles. The summed E-state index contributed by atoms with van der Waals surface area (Å²) >= 11 is 0. The minimum absolute atomic E-state index is 0.127. The fourth-order valence-corrected chi connectivity index (χ4v) is 5.15. The molecule has 0 aromatic rings. The van der Waals surface area contributed by atoms with Crippen molar-refractivity contribution in [3.05, 3.63) is 24.3 Å². The normalized spacial score (nSPS) is 14.2.